The zero-order valence-corrected chi connectivity index (χ0v) is 9.44. The van der Waals surface area contributed by atoms with E-state index in [0.717, 1.165) is 6.20 Å². The largest absolute Gasteiger partial charge is 0.421 e. The Labute approximate surface area is 100 Å². The van der Waals surface area contributed by atoms with Crippen LogP contribution in [0.15, 0.2) is 24.7 Å². The maximum Gasteiger partial charge on any atom is 0.421 e. The number of aliphatic hydroxyl groups is 2. The number of hydrogen-bond acceptors (Lipinski definition) is 3. The number of aromatic nitrogens is 2. The molecule has 0 aliphatic carbocycles. The normalized spacial score (nSPS) is 15.9. The summed E-state index contributed by atoms with van der Waals surface area (Å²) in [6.07, 6.45) is -0.818. The second-order valence-electron chi connectivity index (χ2n) is 4.13. The van der Waals surface area contributed by atoms with Gasteiger partial charge in [0.1, 0.15) is 5.65 Å². The predicted octanol–water partition coefficient (Wildman–Crippen LogP) is 1.60. The topological polar surface area (TPSA) is 57.8 Å². The minimum Gasteiger partial charge on any atom is -0.392 e. The lowest BCUT2D eigenvalue weighted by Gasteiger charge is -2.28. The Bertz CT molecular complexity index is 575. The summed E-state index contributed by atoms with van der Waals surface area (Å²) in [6.45, 7) is 0.0508. The van der Waals surface area contributed by atoms with E-state index in [0.29, 0.717) is 12.6 Å². The third-order valence-corrected chi connectivity index (χ3v) is 2.86. The van der Waals surface area contributed by atoms with Gasteiger partial charge in [-0.2, -0.15) is 13.2 Å². The Morgan fingerprint density at radius 1 is 1.39 bits per heavy atom. The van der Waals surface area contributed by atoms with Crippen LogP contribution in [0.25, 0.3) is 5.65 Å². The van der Waals surface area contributed by atoms with Gasteiger partial charge in [0.2, 0.25) is 0 Å². The smallest absolute Gasteiger partial charge is 0.392 e. The third-order valence-electron chi connectivity index (χ3n) is 2.86. The second-order valence-corrected chi connectivity index (χ2v) is 4.13. The number of rotatable bonds is 2. The van der Waals surface area contributed by atoms with E-state index in [1.165, 1.54) is 22.9 Å². The van der Waals surface area contributed by atoms with E-state index >= 15 is 0 Å². The van der Waals surface area contributed by atoms with Gasteiger partial charge in [0, 0.05) is 24.2 Å². The summed E-state index contributed by atoms with van der Waals surface area (Å²) in [5, 5.41) is 18.8. The lowest BCUT2D eigenvalue weighted by Crippen LogP contribution is -2.40. The van der Waals surface area contributed by atoms with Crippen LogP contribution in [-0.2, 0) is 12.2 Å². The molecule has 0 amide bonds. The summed E-state index contributed by atoms with van der Waals surface area (Å²) in [4.78, 5) is 3.90. The molecule has 4 nitrogen and oxygen atoms in total. The van der Waals surface area contributed by atoms with Crippen molar-refractivity contribution < 1.29 is 23.4 Å². The van der Waals surface area contributed by atoms with Gasteiger partial charge in [-0.05, 0) is 18.6 Å². The summed E-state index contributed by atoms with van der Waals surface area (Å²) < 4.78 is 39.8. The van der Waals surface area contributed by atoms with Crippen LogP contribution >= 0.6 is 0 Å². The molecule has 2 aromatic rings. The van der Waals surface area contributed by atoms with Crippen LogP contribution in [0.2, 0.25) is 0 Å². The van der Waals surface area contributed by atoms with Crippen molar-refractivity contribution in [2.24, 2.45) is 0 Å². The molecule has 0 radical (unpaired) electrons. The van der Waals surface area contributed by atoms with Gasteiger partial charge in [-0.3, -0.25) is 0 Å². The number of nitrogens with zero attached hydrogens (tertiary/aromatic N) is 2. The average molecular weight is 260 g/mol. The molecule has 2 heterocycles. The highest BCUT2D eigenvalue weighted by molar-refractivity contribution is 5.46. The van der Waals surface area contributed by atoms with E-state index in [1.807, 2.05) is 0 Å². The molecular formula is C11H11F3N2O2. The van der Waals surface area contributed by atoms with E-state index in [4.69, 9.17) is 5.11 Å². The van der Waals surface area contributed by atoms with Gasteiger partial charge >= 0.3 is 6.18 Å². The quantitative estimate of drug-likeness (QED) is 0.862. The van der Waals surface area contributed by atoms with Crippen molar-refractivity contribution in [1.82, 2.24) is 9.38 Å². The van der Waals surface area contributed by atoms with Crippen LogP contribution in [0.4, 0.5) is 13.2 Å². The molecule has 2 rings (SSSR count). The van der Waals surface area contributed by atoms with E-state index in [9.17, 15) is 18.3 Å². The number of aliphatic hydroxyl groups excluding tert-OH is 1. The van der Waals surface area contributed by atoms with Crippen molar-refractivity contribution in [2.45, 2.75) is 25.3 Å². The summed E-state index contributed by atoms with van der Waals surface area (Å²) >= 11 is 0. The van der Waals surface area contributed by atoms with Crippen LogP contribution < -0.4 is 0 Å². The monoisotopic (exact) mass is 260 g/mol. The van der Waals surface area contributed by atoms with Crippen LogP contribution in [0.5, 0.6) is 0 Å². The van der Waals surface area contributed by atoms with Crippen LogP contribution in [0, 0.1) is 0 Å². The van der Waals surface area contributed by atoms with E-state index < -0.39 is 18.4 Å². The van der Waals surface area contributed by atoms with Crippen LogP contribution in [0.3, 0.4) is 0 Å². The van der Waals surface area contributed by atoms with Crippen LogP contribution in [-0.4, -0.2) is 25.8 Å². The number of pyridine rings is 1. The van der Waals surface area contributed by atoms with Gasteiger partial charge in [0.15, 0.2) is 5.60 Å². The molecule has 2 N–H and O–H groups in total. The minimum atomic E-state index is -4.83. The first-order valence-corrected chi connectivity index (χ1v) is 5.13. The van der Waals surface area contributed by atoms with Crippen molar-refractivity contribution >= 4 is 5.65 Å². The molecule has 0 aromatic carbocycles. The fraction of sp³-hybridized carbons (Fsp3) is 0.364. The molecule has 7 heteroatoms. The minimum absolute atomic E-state index is 0.00368. The fourth-order valence-corrected chi connectivity index (χ4v) is 1.72. The fourth-order valence-electron chi connectivity index (χ4n) is 1.72. The summed E-state index contributed by atoms with van der Waals surface area (Å²) in [5.41, 5.74) is -3.01. The lowest BCUT2D eigenvalue weighted by molar-refractivity contribution is -0.259. The molecule has 2 aromatic heterocycles. The molecule has 98 valence electrons. The zero-order chi connectivity index (χ0) is 13.6. The van der Waals surface area contributed by atoms with Crippen molar-refractivity contribution in [3.8, 4) is 0 Å². The number of alkyl halides is 3. The Hall–Kier alpha value is -1.60. The molecule has 1 unspecified atom stereocenters. The standard InChI is InChI=1S/C11H11F3N2O2/c1-10(18,11(12,13)14)8-5-16-3-2-15-9(16)4-7(8)6-17/h2-5,17-18H,6H2,1H3. The van der Waals surface area contributed by atoms with Crippen molar-refractivity contribution in [1.29, 1.82) is 0 Å². The Balaban J connectivity index is 2.68. The third kappa shape index (κ3) is 1.85. The predicted molar refractivity (Wildman–Crippen MR) is 56.7 cm³/mol. The Morgan fingerprint density at radius 2 is 2.06 bits per heavy atom. The van der Waals surface area contributed by atoms with Crippen molar-refractivity contribution in [3.63, 3.8) is 0 Å². The average Bonchev–Trinajstić information content (AvgIpc) is 2.72. The highest BCUT2D eigenvalue weighted by atomic mass is 19.4. The number of fused-ring (bicyclic) bond motifs is 1. The number of hydrogen-bond donors (Lipinski definition) is 2. The van der Waals surface area contributed by atoms with E-state index in [1.54, 1.807) is 0 Å². The van der Waals surface area contributed by atoms with Gasteiger partial charge in [0.05, 0.1) is 6.61 Å². The first-order chi connectivity index (χ1) is 8.27. The second kappa shape index (κ2) is 3.96. The Morgan fingerprint density at radius 3 is 2.61 bits per heavy atom. The van der Waals surface area contributed by atoms with Crippen molar-refractivity contribution in [2.75, 3.05) is 0 Å². The summed E-state index contributed by atoms with van der Waals surface area (Å²) in [7, 11) is 0. The highest BCUT2D eigenvalue weighted by Crippen LogP contribution is 2.40. The van der Waals surface area contributed by atoms with Gasteiger partial charge in [0.25, 0.3) is 0 Å². The Kier molecular flexibility index (Phi) is 2.83. The molecule has 0 fully saturated rings. The molecule has 0 spiro atoms. The molecular weight excluding hydrogens is 249 g/mol. The zero-order valence-electron chi connectivity index (χ0n) is 9.44. The number of halogens is 3. The van der Waals surface area contributed by atoms with E-state index in [-0.39, 0.29) is 11.1 Å². The highest BCUT2D eigenvalue weighted by Gasteiger charge is 2.52. The molecule has 0 aliphatic rings. The first kappa shape index (κ1) is 12.8. The lowest BCUT2D eigenvalue weighted by atomic mass is 9.92. The molecule has 0 bridgehead atoms. The van der Waals surface area contributed by atoms with Gasteiger partial charge in [-0.25, -0.2) is 4.98 Å². The maximum atomic E-state index is 12.8. The van der Waals surface area contributed by atoms with Gasteiger partial charge in [-0.1, -0.05) is 0 Å². The molecule has 0 aliphatic heterocycles. The molecule has 0 saturated carbocycles. The van der Waals surface area contributed by atoms with Gasteiger partial charge in [-0.15, -0.1) is 0 Å². The maximum absolute atomic E-state index is 12.8. The summed E-state index contributed by atoms with van der Waals surface area (Å²) in [5.74, 6) is 0. The van der Waals surface area contributed by atoms with Crippen molar-refractivity contribution in [3.05, 3.63) is 35.8 Å². The van der Waals surface area contributed by atoms with Gasteiger partial charge < -0.3 is 14.6 Å². The molecule has 0 saturated heterocycles. The first-order valence-electron chi connectivity index (χ1n) is 5.13. The number of imidazole rings is 1. The molecule has 18 heavy (non-hydrogen) atoms. The summed E-state index contributed by atoms with van der Waals surface area (Å²) in [6, 6.07) is 1.32. The van der Waals surface area contributed by atoms with E-state index in [2.05, 4.69) is 4.98 Å². The SMILES string of the molecule is CC(O)(c1cn2ccnc2cc1CO)C(F)(F)F. The molecule has 1 atom stereocenters. The van der Waals surface area contributed by atoms with Crippen LogP contribution in [0.1, 0.15) is 18.1 Å².